The first-order chi connectivity index (χ1) is 16.0. The van der Waals surface area contributed by atoms with E-state index in [9.17, 15) is 9.18 Å². The first kappa shape index (κ1) is 22.9. The van der Waals surface area contributed by atoms with Gasteiger partial charge in [0.1, 0.15) is 11.6 Å². The fraction of sp³-hybridized carbons (Fsp3) is 0.375. The molecule has 1 amide bonds. The quantitative estimate of drug-likeness (QED) is 0.562. The number of piperazine rings is 1. The molecule has 1 N–H and O–H groups in total. The number of carbonyl (C=O) groups is 1. The topological polar surface area (TPSA) is 83.7 Å². The van der Waals surface area contributed by atoms with E-state index in [4.69, 9.17) is 9.26 Å². The number of halogens is 1. The van der Waals surface area contributed by atoms with Crippen molar-refractivity contribution >= 4 is 5.91 Å². The molecule has 0 aliphatic carbocycles. The molecule has 0 saturated carbocycles. The van der Waals surface area contributed by atoms with E-state index in [-0.39, 0.29) is 17.8 Å². The third-order valence-electron chi connectivity index (χ3n) is 5.75. The van der Waals surface area contributed by atoms with E-state index in [1.807, 2.05) is 31.2 Å². The van der Waals surface area contributed by atoms with Gasteiger partial charge < -0.3 is 14.6 Å². The third-order valence-corrected chi connectivity index (χ3v) is 5.75. The third kappa shape index (κ3) is 6.15. The molecule has 8 nitrogen and oxygen atoms in total. The molecule has 2 heterocycles. The average molecular weight is 454 g/mol. The van der Waals surface area contributed by atoms with E-state index in [0.29, 0.717) is 24.8 Å². The zero-order chi connectivity index (χ0) is 23.2. The molecule has 0 spiro atoms. The lowest BCUT2D eigenvalue weighted by molar-refractivity contribution is -0.123. The second-order valence-electron chi connectivity index (χ2n) is 8.13. The Labute approximate surface area is 192 Å². The SMILES string of the molecule is COc1ccc(-c2noc(CN3CCN(CC(=O)NC(C)c4ccc(F)cc4)CC3)n2)cc1. The van der Waals surface area contributed by atoms with Crippen molar-refractivity contribution in [3.8, 4) is 17.1 Å². The van der Waals surface area contributed by atoms with Crippen molar-refractivity contribution in [3.63, 3.8) is 0 Å². The summed E-state index contributed by atoms with van der Waals surface area (Å²) in [6.45, 7) is 5.97. The Morgan fingerprint density at radius 1 is 1.09 bits per heavy atom. The standard InChI is InChI=1S/C24H28FN5O3/c1-17(18-3-7-20(25)8-4-18)26-22(31)15-29-11-13-30(14-12-29)16-23-27-24(28-33-23)19-5-9-21(32-2)10-6-19/h3-10,17H,11-16H2,1-2H3,(H,26,31). The predicted octanol–water partition coefficient (Wildman–Crippen LogP) is 2.88. The molecule has 1 aliphatic rings. The lowest BCUT2D eigenvalue weighted by Crippen LogP contribution is -2.49. The number of aromatic nitrogens is 2. The Balaban J connectivity index is 1.21. The minimum absolute atomic E-state index is 0.0405. The van der Waals surface area contributed by atoms with Crippen LogP contribution in [0.3, 0.4) is 0 Å². The molecule has 0 radical (unpaired) electrons. The van der Waals surface area contributed by atoms with E-state index < -0.39 is 0 Å². The van der Waals surface area contributed by atoms with Gasteiger partial charge in [-0.25, -0.2) is 4.39 Å². The maximum atomic E-state index is 13.1. The van der Waals surface area contributed by atoms with Crippen LogP contribution in [0.25, 0.3) is 11.4 Å². The monoisotopic (exact) mass is 453 g/mol. The van der Waals surface area contributed by atoms with Gasteiger partial charge in [0, 0.05) is 31.7 Å². The summed E-state index contributed by atoms with van der Waals surface area (Å²) in [6, 6.07) is 13.5. The minimum atomic E-state index is -0.285. The van der Waals surface area contributed by atoms with E-state index in [2.05, 4.69) is 25.3 Å². The van der Waals surface area contributed by atoms with Crippen LogP contribution in [-0.2, 0) is 11.3 Å². The lowest BCUT2D eigenvalue weighted by Gasteiger charge is -2.33. The summed E-state index contributed by atoms with van der Waals surface area (Å²) in [7, 11) is 1.63. The Kier molecular flexibility index (Phi) is 7.31. The summed E-state index contributed by atoms with van der Waals surface area (Å²) in [5.41, 5.74) is 1.75. The summed E-state index contributed by atoms with van der Waals surface area (Å²) in [5, 5.41) is 7.06. The maximum absolute atomic E-state index is 13.1. The number of rotatable bonds is 8. The van der Waals surface area contributed by atoms with E-state index in [1.165, 1.54) is 12.1 Å². The van der Waals surface area contributed by atoms with E-state index >= 15 is 0 Å². The number of benzene rings is 2. The number of nitrogens with zero attached hydrogens (tertiary/aromatic N) is 4. The molecule has 9 heteroatoms. The maximum Gasteiger partial charge on any atom is 0.241 e. The molecule has 33 heavy (non-hydrogen) atoms. The molecule has 1 unspecified atom stereocenters. The molecule has 0 bridgehead atoms. The van der Waals surface area contributed by atoms with Crippen LogP contribution in [0.15, 0.2) is 53.1 Å². The van der Waals surface area contributed by atoms with Crippen molar-refractivity contribution in [2.75, 3.05) is 39.8 Å². The fourth-order valence-corrected chi connectivity index (χ4v) is 3.80. The van der Waals surface area contributed by atoms with Gasteiger partial charge in [-0.2, -0.15) is 4.98 Å². The number of amides is 1. The number of carbonyl (C=O) groups excluding carboxylic acids is 1. The van der Waals surface area contributed by atoms with Gasteiger partial charge in [0.05, 0.1) is 26.2 Å². The van der Waals surface area contributed by atoms with Gasteiger partial charge in [0.15, 0.2) is 0 Å². The molecule has 2 aromatic carbocycles. The van der Waals surface area contributed by atoms with Crippen molar-refractivity contribution in [1.29, 1.82) is 0 Å². The normalized spacial score (nSPS) is 15.8. The van der Waals surface area contributed by atoms with Crippen molar-refractivity contribution in [1.82, 2.24) is 25.3 Å². The van der Waals surface area contributed by atoms with Gasteiger partial charge in [0.2, 0.25) is 17.6 Å². The highest BCUT2D eigenvalue weighted by atomic mass is 19.1. The summed E-state index contributed by atoms with van der Waals surface area (Å²) in [4.78, 5) is 21.3. The molecule has 4 rings (SSSR count). The van der Waals surface area contributed by atoms with Gasteiger partial charge in [-0.3, -0.25) is 14.6 Å². The summed E-state index contributed by atoms with van der Waals surface area (Å²) < 4.78 is 23.7. The van der Waals surface area contributed by atoms with Gasteiger partial charge in [-0.05, 0) is 48.9 Å². The highest BCUT2D eigenvalue weighted by Gasteiger charge is 2.21. The lowest BCUT2D eigenvalue weighted by atomic mass is 10.1. The Morgan fingerprint density at radius 2 is 1.76 bits per heavy atom. The largest absolute Gasteiger partial charge is 0.497 e. The molecule has 1 saturated heterocycles. The Morgan fingerprint density at radius 3 is 2.42 bits per heavy atom. The van der Waals surface area contributed by atoms with Crippen LogP contribution in [0.5, 0.6) is 5.75 Å². The van der Waals surface area contributed by atoms with Crippen molar-refractivity contribution < 1.29 is 18.4 Å². The summed E-state index contributed by atoms with van der Waals surface area (Å²) in [6.07, 6.45) is 0. The number of methoxy groups -OCH3 is 1. The molecular weight excluding hydrogens is 425 g/mol. The molecule has 1 atom stereocenters. The molecule has 1 aromatic heterocycles. The first-order valence-corrected chi connectivity index (χ1v) is 11.0. The summed E-state index contributed by atoms with van der Waals surface area (Å²) >= 11 is 0. The van der Waals surface area contributed by atoms with Crippen LogP contribution in [0.1, 0.15) is 24.4 Å². The summed E-state index contributed by atoms with van der Waals surface area (Å²) in [5.74, 6) is 1.58. The molecule has 174 valence electrons. The van der Waals surface area contributed by atoms with Crippen molar-refractivity contribution in [2.45, 2.75) is 19.5 Å². The van der Waals surface area contributed by atoms with E-state index in [1.54, 1.807) is 19.2 Å². The van der Waals surface area contributed by atoms with Crippen molar-refractivity contribution in [3.05, 3.63) is 65.8 Å². The van der Waals surface area contributed by atoms with Crippen LogP contribution in [0.2, 0.25) is 0 Å². The predicted molar refractivity (Wildman–Crippen MR) is 121 cm³/mol. The van der Waals surface area contributed by atoms with Gasteiger partial charge in [-0.1, -0.05) is 17.3 Å². The molecule has 1 aliphatic heterocycles. The first-order valence-electron chi connectivity index (χ1n) is 11.0. The number of hydrogen-bond acceptors (Lipinski definition) is 7. The average Bonchev–Trinajstić information content (AvgIpc) is 3.29. The van der Waals surface area contributed by atoms with Crippen LogP contribution < -0.4 is 10.1 Å². The molecular formula is C24H28FN5O3. The fourth-order valence-electron chi connectivity index (χ4n) is 3.80. The molecule has 1 fully saturated rings. The Hall–Kier alpha value is -3.30. The zero-order valence-electron chi connectivity index (χ0n) is 18.8. The van der Waals surface area contributed by atoms with Gasteiger partial charge in [-0.15, -0.1) is 0 Å². The van der Waals surface area contributed by atoms with E-state index in [0.717, 1.165) is 43.1 Å². The second-order valence-corrected chi connectivity index (χ2v) is 8.13. The highest BCUT2D eigenvalue weighted by molar-refractivity contribution is 5.78. The Bertz CT molecular complexity index is 1050. The van der Waals surface area contributed by atoms with Gasteiger partial charge in [0.25, 0.3) is 0 Å². The van der Waals surface area contributed by atoms with Crippen LogP contribution in [-0.4, -0.2) is 65.7 Å². The second kappa shape index (κ2) is 10.5. The minimum Gasteiger partial charge on any atom is -0.497 e. The zero-order valence-corrected chi connectivity index (χ0v) is 18.8. The smallest absolute Gasteiger partial charge is 0.241 e. The van der Waals surface area contributed by atoms with Gasteiger partial charge >= 0.3 is 0 Å². The van der Waals surface area contributed by atoms with Crippen molar-refractivity contribution in [2.24, 2.45) is 0 Å². The molecule has 3 aromatic rings. The van der Waals surface area contributed by atoms with Crippen LogP contribution in [0, 0.1) is 5.82 Å². The number of hydrogen-bond donors (Lipinski definition) is 1. The number of nitrogens with one attached hydrogen (secondary N) is 1. The van der Waals surface area contributed by atoms with Crippen LogP contribution in [0.4, 0.5) is 4.39 Å². The number of ether oxygens (including phenoxy) is 1. The highest BCUT2D eigenvalue weighted by Crippen LogP contribution is 2.20. The van der Waals surface area contributed by atoms with Crippen LogP contribution >= 0.6 is 0 Å².